The van der Waals surface area contributed by atoms with E-state index in [1.54, 1.807) is 12.1 Å². The Morgan fingerprint density at radius 1 is 1.53 bits per heavy atom. The number of aromatic nitrogens is 1. The molecule has 0 spiro atoms. The lowest BCUT2D eigenvalue weighted by Gasteiger charge is -2.30. The minimum absolute atomic E-state index is 0.0987. The first-order valence-corrected chi connectivity index (χ1v) is 5.72. The Morgan fingerprint density at radius 3 is 2.65 bits per heavy atom. The van der Waals surface area contributed by atoms with E-state index in [0.29, 0.717) is 18.5 Å². The van der Waals surface area contributed by atoms with Crippen molar-refractivity contribution in [2.45, 2.75) is 32.2 Å². The van der Waals surface area contributed by atoms with Crippen LogP contribution in [0.5, 0.6) is 0 Å². The molecule has 0 unspecified atom stereocenters. The van der Waals surface area contributed by atoms with Crippen molar-refractivity contribution in [3.05, 3.63) is 24.0 Å². The van der Waals surface area contributed by atoms with E-state index in [9.17, 15) is 9.90 Å². The zero-order valence-electron chi connectivity index (χ0n) is 10.2. The Hall–Kier alpha value is -1.62. The number of anilines is 1. The number of aliphatic hydroxyl groups excluding tert-OH is 1. The molecule has 94 valence electrons. The van der Waals surface area contributed by atoms with Gasteiger partial charge in [0.25, 0.3) is 5.91 Å². The summed E-state index contributed by atoms with van der Waals surface area (Å²) in [5.41, 5.74) is 5.62. The van der Waals surface area contributed by atoms with Crippen LogP contribution in [-0.2, 0) is 0 Å². The summed E-state index contributed by atoms with van der Waals surface area (Å²) in [4.78, 5) is 15.9. The summed E-state index contributed by atoms with van der Waals surface area (Å²) in [5, 5.41) is 12.2. The third-order valence-electron chi connectivity index (χ3n) is 3.09. The number of carbonyl (C=O) groups is 1. The van der Waals surface area contributed by atoms with E-state index in [1.807, 2.05) is 13.8 Å². The monoisotopic (exact) mass is 237 g/mol. The molecule has 1 aromatic rings. The molecule has 0 radical (unpaired) electrons. The second-order valence-corrected chi connectivity index (χ2v) is 4.04. The first-order valence-electron chi connectivity index (χ1n) is 5.72. The van der Waals surface area contributed by atoms with Crippen molar-refractivity contribution in [2.24, 2.45) is 0 Å². The molecule has 4 N–H and O–H groups in total. The smallest absolute Gasteiger partial charge is 0.272 e. The van der Waals surface area contributed by atoms with Gasteiger partial charge in [0.2, 0.25) is 0 Å². The van der Waals surface area contributed by atoms with Gasteiger partial charge < -0.3 is 16.2 Å². The lowest BCUT2D eigenvalue weighted by atomic mass is 9.93. The summed E-state index contributed by atoms with van der Waals surface area (Å²) >= 11 is 0. The van der Waals surface area contributed by atoms with Crippen molar-refractivity contribution in [3.63, 3.8) is 0 Å². The molecule has 1 aromatic heterocycles. The van der Waals surface area contributed by atoms with E-state index < -0.39 is 5.54 Å². The summed E-state index contributed by atoms with van der Waals surface area (Å²) in [6.07, 6.45) is 2.82. The van der Waals surface area contributed by atoms with Crippen molar-refractivity contribution in [3.8, 4) is 0 Å². The molecular weight excluding hydrogens is 218 g/mol. The van der Waals surface area contributed by atoms with Gasteiger partial charge in [-0.1, -0.05) is 13.8 Å². The van der Waals surface area contributed by atoms with Crippen LogP contribution < -0.4 is 11.1 Å². The Balaban J connectivity index is 2.89. The van der Waals surface area contributed by atoms with Crippen LogP contribution in [0, 0.1) is 0 Å². The third-order valence-corrected chi connectivity index (χ3v) is 3.09. The molecule has 0 saturated heterocycles. The molecular formula is C12H19N3O2. The average molecular weight is 237 g/mol. The van der Waals surface area contributed by atoms with Crippen molar-refractivity contribution >= 4 is 11.6 Å². The first kappa shape index (κ1) is 13.4. The standard InChI is InChI=1S/C12H19N3O2/c1-3-12(4-2,8-16)15-11(17)10-9(13)6-5-7-14-10/h5-7,16H,3-4,8,13H2,1-2H3,(H,15,17). The fraction of sp³-hybridized carbons (Fsp3) is 0.500. The topological polar surface area (TPSA) is 88.2 Å². The predicted octanol–water partition coefficient (Wildman–Crippen LogP) is 0.945. The van der Waals surface area contributed by atoms with Crippen LogP contribution in [-0.4, -0.2) is 28.1 Å². The van der Waals surface area contributed by atoms with Gasteiger partial charge in [-0.05, 0) is 25.0 Å². The number of pyridine rings is 1. The van der Waals surface area contributed by atoms with Gasteiger partial charge in [-0.2, -0.15) is 0 Å². The van der Waals surface area contributed by atoms with Crippen molar-refractivity contribution in [1.82, 2.24) is 10.3 Å². The number of aliphatic hydroxyl groups is 1. The highest BCUT2D eigenvalue weighted by Gasteiger charge is 2.28. The molecule has 5 nitrogen and oxygen atoms in total. The van der Waals surface area contributed by atoms with Crippen LogP contribution in [0.3, 0.4) is 0 Å². The predicted molar refractivity (Wildman–Crippen MR) is 66.5 cm³/mol. The highest BCUT2D eigenvalue weighted by atomic mass is 16.3. The van der Waals surface area contributed by atoms with E-state index in [4.69, 9.17) is 5.73 Å². The minimum Gasteiger partial charge on any atom is -0.397 e. The van der Waals surface area contributed by atoms with Crippen molar-refractivity contribution in [2.75, 3.05) is 12.3 Å². The fourth-order valence-electron chi connectivity index (χ4n) is 1.60. The summed E-state index contributed by atoms with van der Waals surface area (Å²) in [7, 11) is 0. The third kappa shape index (κ3) is 2.94. The molecule has 0 aliphatic rings. The van der Waals surface area contributed by atoms with Crippen molar-refractivity contribution in [1.29, 1.82) is 0 Å². The highest BCUT2D eigenvalue weighted by Crippen LogP contribution is 2.16. The molecule has 17 heavy (non-hydrogen) atoms. The summed E-state index contributed by atoms with van der Waals surface area (Å²) in [5.74, 6) is -0.346. The van der Waals surface area contributed by atoms with Crippen molar-refractivity contribution < 1.29 is 9.90 Å². The SMILES string of the molecule is CCC(CC)(CO)NC(=O)c1ncccc1N. The lowest BCUT2D eigenvalue weighted by Crippen LogP contribution is -2.50. The van der Waals surface area contributed by atoms with Crippen LogP contribution in [0.15, 0.2) is 18.3 Å². The average Bonchev–Trinajstić information content (AvgIpc) is 2.36. The molecule has 0 aliphatic carbocycles. The molecule has 0 bridgehead atoms. The number of amides is 1. The van der Waals surface area contributed by atoms with Gasteiger partial charge >= 0.3 is 0 Å². The summed E-state index contributed by atoms with van der Waals surface area (Å²) in [6, 6.07) is 3.30. The maximum absolute atomic E-state index is 12.0. The van der Waals surface area contributed by atoms with Crippen LogP contribution in [0.4, 0.5) is 5.69 Å². The van der Waals surface area contributed by atoms with Gasteiger partial charge in [0, 0.05) is 6.20 Å². The zero-order chi connectivity index (χ0) is 12.9. The number of rotatable bonds is 5. The van der Waals surface area contributed by atoms with Gasteiger partial charge in [-0.25, -0.2) is 4.98 Å². The fourth-order valence-corrected chi connectivity index (χ4v) is 1.60. The Bertz CT molecular complexity index is 381. The summed E-state index contributed by atoms with van der Waals surface area (Å²) in [6.45, 7) is 3.74. The Morgan fingerprint density at radius 2 is 2.18 bits per heavy atom. The second kappa shape index (κ2) is 5.63. The lowest BCUT2D eigenvalue weighted by molar-refractivity contribution is 0.0814. The maximum atomic E-state index is 12.0. The number of hydrogen-bond donors (Lipinski definition) is 3. The summed E-state index contributed by atoms with van der Waals surface area (Å²) < 4.78 is 0. The van der Waals surface area contributed by atoms with Gasteiger partial charge in [0.15, 0.2) is 5.69 Å². The number of nitrogens with two attached hydrogens (primary N) is 1. The van der Waals surface area contributed by atoms with Gasteiger partial charge in [-0.15, -0.1) is 0 Å². The molecule has 0 fully saturated rings. The number of carbonyl (C=O) groups excluding carboxylic acids is 1. The van der Waals surface area contributed by atoms with E-state index in [2.05, 4.69) is 10.3 Å². The molecule has 1 heterocycles. The molecule has 0 saturated carbocycles. The molecule has 0 aromatic carbocycles. The molecule has 1 amide bonds. The van der Waals surface area contributed by atoms with E-state index in [1.165, 1.54) is 6.20 Å². The molecule has 5 heteroatoms. The van der Waals surface area contributed by atoms with Gasteiger partial charge in [0.05, 0.1) is 17.8 Å². The van der Waals surface area contributed by atoms with Crippen LogP contribution in [0.25, 0.3) is 0 Å². The van der Waals surface area contributed by atoms with E-state index >= 15 is 0 Å². The van der Waals surface area contributed by atoms with Gasteiger partial charge in [0.1, 0.15) is 0 Å². The number of hydrogen-bond acceptors (Lipinski definition) is 4. The molecule has 0 atom stereocenters. The highest BCUT2D eigenvalue weighted by molar-refractivity contribution is 5.97. The first-order chi connectivity index (χ1) is 8.08. The van der Waals surface area contributed by atoms with E-state index in [-0.39, 0.29) is 18.2 Å². The molecule has 0 aliphatic heterocycles. The van der Waals surface area contributed by atoms with Crippen LogP contribution >= 0.6 is 0 Å². The van der Waals surface area contributed by atoms with E-state index in [0.717, 1.165) is 0 Å². The van der Waals surface area contributed by atoms with Crippen LogP contribution in [0.1, 0.15) is 37.2 Å². The Kier molecular flexibility index (Phi) is 4.45. The number of nitrogens with one attached hydrogen (secondary N) is 1. The second-order valence-electron chi connectivity index (χ2n) is 4.04. The largest absolute Gasteiger partial charge is 0.397 e. The Labute approximate surface area is 101 Å². The normalized spacial score (nSPS) is 11.2. The minimum atomic E-state index is -0.596. The zero-order valence-corrected chi connectivity index (χ0v) is 10.2. The van der Waals surface area contributed by atoms with Crippen LogP contribution in [0.2, 0.25) is 0 Å². The number of nitrogen functional groups attached to an aromatic ring is 1. The quantitative estimate of drug-likeness (QED) is 0.711. The molecule has 1 rings (SSSR count). The maximum Gasteiger partial charge on any atom is 0.272 e. The number of nitrogens with zero attached hydrogens (tertiary/aromatic N) is 1. The van der Waals surface area contributed by atoms with Gasteiger partial charge in [-0.3, -0.25) is 4.79 Å².